The summed E-state index contributed by atoms with van der Waals surface area (Å²) in [5.74, 6) is 8.64. The van der Waals surface area contributed by atoms with Crippen molar-refractivity contribution in [2.75, 3.05) is 4.90 Å². The van der Waals surface area contributed by atoms with Crippen LogP contribution >= 0.6 is 0 Å². The molecule has 1 atom stereocenters. The molecule has 1 spiro atoms. The number of ether oxygens (including phenoxy) is 1. The predicted octanol–water partition coefficient (Wildman–Crippen LogP) is 8.66. The molecular weight excluding hydrogens is 592 g/mol. The summed E-state index contributed by atoms with van der Waals surface area (Å²) in [5, 5.41) is 3.99. The molecule has 0 saturated heterocycles. The molecule has 0 radical (unpaired) electrons. The number of fused-ring (bicyclic) bond motifs is 6. The molecule has 48 heavy (non-hydrogen) atoms. The molecule has 0 N–H and O–H groups in total. The van der Waals surface area contributed by atoms with Gasteiger partial charge in [-0.05, 0) is 65.6 Å². The van der Waals surface area contributed by atoms with Crippen molar-refractivity contribution in [1.82, 2.24) is 0 Å². The zero-order valence-corrected chi connectivity index (χ0v) is 26.3. The maximum absolute atomic E-state index is 13.2. The third-order valence-electron chi connectivity index (χ3n) is 9.33. The van der Waals surface area contributed by atoms with Gasteiger partial charge in [-0.3, -0.25) is 19.5 Å². The number of hydrogen-bond acceptors (Lipinski definition) is 5. The molecule has 2 aliphatic rings. The second kappa shape index (κ2) is 11.1. The fraction of sp³-hybridized carbons (Fsp3) is 0.0930. The number of ketones is 2. The SMILES string of the molecule is CC1(C)c2c(ccc3ccccc23)N(C#CC#CC(=O)c2ccccc2)C12C=Nc1c(ccc3cc(C(=O)c4ccccc4)ccc13)O2. The van der Waals surface area contributed by atoms with Crippen LogP contribution in [0.5, 0.6) is 5.75 Å². The molecule has 0 fully saturated rings. The van der Waals surface area contributed by atoms with Crippen LogP contribution in [0.4, 0.5) is 11.4 Å². The van der Waals surface area contributed by atoms with Crippen molar-refractivity contribution >= 4 is 50.7 Å². The van der Waals surface area contributed by atoms with Crippen LogP contribution in [-0.2, 0) is 5.41 Å². The highest BCUT2D eigenvalue weighted by molar-refractivity contribution is 6.12. The Balaban J connectivity index is 1.22. The molecule has 228 valence electrons. The standard InChI is InChI=1S/C43H28N2O3/c1-42(2)39-34-18-10-9-13-29(34)21-24-36(39)45(26-12-11-19-37(46)30-14-5-3-6-15-30)43(42)28-44-40-35-23-20-33(27-32(35)22-25-38(40)48-43)41(47)31-16-7-4-8-17-31/h3-10,13-18,20-25,27-28H,1-2H3. The Morgan fingerprint density at radius 1 is 0.688 bits per heavy atom. The summed E-state index contributed by atoms with van der Waals surface area (Å²) in [4.78, 5) is 32.8. The average Bonchev–Trinajstić information content (AvgIpc) is 3.31. The molecule has 6 aromatic rings. The number of anilines is 1. The Kier molecular flexibility index (Phi) is 6.72. The first-order chi connectivity index (χ1) is 23.4. The van der Waals surface area contributed by atoms with Gasteiger partial charge in [0.2, 0.25) is 11.5 Å². The highest BCUT2D eigenvalue weighted by atomic mass is 16.5. The molecule has 0 aromatic heterocycles. The summed E-state index contributed by atoms with van der Waals surface area (Å²) in [7, 11) is 0. The summed E-state index contributed by atoms with van der Waals surface area (Å²) in [5.41, 5.74) is 2.70. The van der Waals surface area contributed by atoms with E-state index in [0.717, 1.165) is 32.8 Å². The molecule has 6 aromatic carbocycles. The molecule has 5 nitrogen and oxygen atoms in total. The van der Waals surface area contributed by atoms with Crippen LogP contribution in [0.3, 0.4) is 0 Å². The van der Waals surface area contributed by atoms with Crippen molar-refractivity contribution in [1.29, 1.82) is 0 Å². The van der Waals surface area contributed by atoms with Gasteiger partial charge in [0.1, 0.15) is 11.4 Å². The van der Waals surface area contributed by atoms with Crippen molar-refractivity contribution in [3.8, 4) is 29.6 Å². The van der Waals surface area contributed by atoms with Crippen molar-refractivity contribution in [3.05, 3.63) is 150 Å². The van der Waals surface area contributed by atoms with Gasteiger partial charge in [-0.25, -0.2) is 0 Å². The van der Waals surface area contributed by atoms with Gasteiger partial charge in [0, 0.05) is 34.0 Å². The number of Topliss-reactive ketones (excluding diaryl/α,β-unsaturated/α-hetero) is 1. The number of hydrogen-bond donors (Lipinski definition) is 0. The van der Waals surface area contributed by atoms with Gasteiger partial charge in [-0.15, -0.1) is 0 Å². The molecule has 0 aliphatic carbocycles. The van der Waals surface area contributed by atoms with E-state index in [2.05, 4.69) is 61.9 Å². The highest BCUT2D eigenvalue weighted by Crippen LogP contribution is 2.56. The van der Waals surface area contributed by atoms with Crippen LogP contribution in [0.25, 0.3) is 21.5 Å². The van der Waals surface area contributed by atoms with Gasteiger partial charge in [-0.2, -0.15) is 0 Å². The number of carbonyl (C=O) groups is 2. The van der Waals surface area contributed by atoms with Crippen molar-refractivity contribution < 1.29 is 14.3 Å². The van der Waals surface area contributed by atoms with Crippen LogP contribution in [0.1, 0.15) is 45.7 Å². The van der Waals surface area contributed by atoms with Crippen LogP contribution < -0.4 is 9.64 Å². The van der Waals surface area contributed by atoms with E-state index in [1.165, 1.54) is 0 Å². The first kappa shape index (κ1) is 29.0. The molecule has 2 heterocycles. The Labute approximate surface area is 278 Å². The van der Waals surface area contributed by atoms with E-state index < -0.39 is 11.1 Å². The lowest BCUT2D eigenvalue weighted by Gasteiger charge is -2.44. The quantitative estimate of drug-likeness (QED) is 0.113. The Hall–Kier alpha value is -6.43. The summed E-state index contributed by atoms with van der Waals surface area (Å²) >= 11 is 0. The van der Waals surface area contributed by atoms with E-state index in [-0.39, 0.29) is 11.6 Å². The maximum Gasteiger partial charge on any atom is 0.239 e. The van der Waals surface area contributed by atoms with E-state index in [9.17, 15) is 9.59 Å². The smallest absolute Gasteiger partial charge is 0.239 e. The number of benzene rings is 6. The molecule has 0 amide bonds. The molecular formula is C43H28N2O3. The molecule has 0 saturated carbocycles. The molecule has 2 aliphatic heterocycles. The van der Waals surface area contributed by atoms with E-state index in [0.29, 0.717) is 28.1 Å². The van der Waals surface area contributed by atoms with E-state index >= 15 is 0 Å². The third-order valence-corrected chi connectivity index (χ3v) is 9.33. The molecule has 5 heteroatoms. The number of carbonyl (C=O) groups excluding carboxylic acids is 2. The highest BCUT2D eigenvalue weighted by Gasteiger charge is 2.60. The third kappa shape index (κ3) is 4.48. The van der Waals surface area contributed by atoms with Crippen molar-refractivity contribution in [2.24, 2.45) is 4.99 Å². The first-order valence-corrected chi connectivity index (χ1v) is 15.7. The normalized spacial score (nSPS) is 16.7. The van der Waals surface area contributed by atoms with Crippen molar-refractivity contribution in [3.63, 3.8) is 0 Å². The van der Waals surface area contributed by atoms with E-state index in [1.54, 1.807) is 12.1 Å². The zero-order valence-electron chi connectivity index (χ0n) is 26.3. The second-order valence-electron chi connectivity index (χ2n) is 12.4. The monoisotopic (exact) mass is 620 g/mol. The number of nitrogens with zero attached hydrogens (tertiary/aromatic N) is 2. The van der Waals surface area contributed by atoms with Gasteiger partial charge in [0.05, 0.1) is 17.3 Å². The molecule has 1 unspecified atom stereocenters. The molecule has 8 rings (SSSR count). The molecule has 0 bridgehead atoms. The lowest BCUT2D eigenvalue weighted by atomic mass is 9.75. The van der Waals surface area contributed by atoms with Gasteiger partial charge < -0.3 is 4.74 Å². The van der Waals surface area contributed by atoms with Crippen molar-refractivity contribution in [2.45, 2.75) is 25.0 Å². The fourth-order valence-corrected chi connectivity index (χ4v) is 6.86. The number of rotatable bonds is 3. The van der Waals surface area contributed by atoms with Gasteiger partial charge in [-0.1, -0.05) is 109 Å². The maximum atomic E-state index is 13.2. The van der Waals surface area contributed by atoms with E-state index in [4.69, 9.17) is 9.73 Å². The zero-order chi connectivity index (χ0) is 32.9. The minimum atomic E-state index is -1.12. The lowest BCUT2D eigenvalue weighted by molar-refractivity contribution is 0.0886. The van der Waals surface area contributed by atoms with Crippen LogP contribution in [-0.4, -0.2) is 23.5 Å². The topological polar surface area (TPSA) is 59.0 Å². The fourth-order valence-electron chi connectivity index (χ4n) is 6.86. The second-order valence-corrected chi connectivity index (χ2v) is 12.4. The van der Waals surface area contributed by atoms with Crippen LogP contribution in [0.15, 0.2) is 132 Å². The predicted molar refractivity (Wildman–Crippen MR) is 191 cm³/mol. The summed E-state index contributed by atoms with van der Waals surface area (Å²) in [6.45, 7) is 4.29. The minimum absolute atomic E-state index is 0.0330. The van der Waals surface area contributed by atoms with Gasteiger partial charge >= 0.3 is 0 Å². The largest absolute Gasteiger partial charge is 0.458 e. The number of aliphatic imine (C=N–C) groups is 1. The summed E-state index contributed by atoms with van der Waals surface area (Å²) in [6, 6.07) is 43.4. The Morgan fingerprint density at radius 3 is 2.19 bits per heavy atom. The first-order valence-electron chi connectivity index (χ1n) is 15.7. The minimum Gasteiger partial charge on any atom is -0.458 e. The van der Waals surface area contributed by atoms with Crippen LogP contribution in [0, 0.1) is 23.8 Å². The van der Waals surface area contributed by atoms with E-state index in [1.807, 2.05) is 102 Å². The lowest BCUT2D eigenvalue weighted by Crippen LogP contribution is -2.60. The average molecular weight is 621 g/mol. The Morgan fingerprint density at radius 2 is 1.40 bits per heavy atom. The van der Waals surface area contributed by atoms with Gasteiger partial charge in [0.15, 0.2) is 5.78 Å². The summed E-state index contributed by atoms with van der Waals surface area (Å²) in [6.07, 6.45) is 1.84. The van der Waals surface area contributed by atoms with Crippen LogP contribution in [0.2, 0.25) is 0 Å². The Bertz CT molecular complexity index is 2460. The van der Waals surface area contributed by atoms with Gasteiger partial charge in [0.25, 0.3) is 0 Å². The summed E-state index contributed by atoms with van der Waals surface area (Å²) < 4.78 is 7.03.